The molecular weight excluding hydrogens is 294 g/mol. The van der Waals surface area contributed by atoms with Crippen LogP contribution < -0.4 is 10.3 Å². The second-order valence-electron chi connectivity index (χ2n) is 4.97. The van der Waals surface area contributed by atoms with Gasteiger partial charge in [0.25, 0.3) is 5.56 Å². The molecule has 0 spiro atoms. The zero-order valence-electron chi connectivity index (χ0n) is 12.9. The first-order valence-corrected chi connectivity index (χ1v) is 7.41. The number of hydrogen-bond donors (Lipinski definition) is 1. The monoisotopic (exact) mass is 313 g/mol. The molecule has 0 saturated heterocycles. The van der Waals surface area contributed by atoms with Crippen LogP contribution in [-0.4, -0.2) is 22.2 Å². The molecule has 0 unspecified atom stereocenters. The number of rotatable bonds is 7. The fourth-order valence-electron chi connectivity index (χ4n) is 2.06. The summed E-state index contributed by atoms with van der Waals surface area (Å²) in [6.45, 7) is 2.75. The van der Waals surface area contributed by atoms with Crippen LogP contribution in [0.25, 0.3) is 12.2 Å². The van der Waals surface area contributed by atoms with Crippen molar-refractivity contribution in [3.63, 3.8) is 0 Å². The van der Waals surface area contributed by atoms with Gasteiger partial charge in [0.05, 0.1) is 13.0 Å². The van der Waals surface area contributed by atoms with Gasteiger partial charge in [-0.25, -0.2) is 0 Å². The van der Waals surface area contributed by atoms with E-state index in [4.69, 9.17) is 9.84 Å². The Balaban J connectivity index is 2.06. The van der Waals surface area contributed by atoms with E-state index in [9.17, 15) is 9.59 Å². The number of carbonyl (C=O) groups is 1. The van der Waals surface area contributed by atoms with Gasteiger partial charge in [-0.1, -0.05) is 24.3 Å². The molecule has 0 atom stereocenters. The van der Waals surface area contributed by atoms with E-state index in [2.05, 4.69) is 0 Å². The van der Waals surface area contributed by atoms with Crippen molar-refractivity contribution >= 4 is 18.1 Å². The van der Waals surface area contributed by atoms with Crippen LogP contribution in [0.1, 0.15) is 24.5 Å². The van der Waals surface area contributed by atoms with Crippen molar-refractivity contribution in [3.05, 3.63) is 64.1 Å². The molecule has 5 nitrogen and oxygen atoms in total. The number of ether oxygens (including phenoxy) is 1. The Bertz CT molecular complexity index is 744. The van der Waals surface area contributed by atoms with Gasteiger partial charge in [0.15, 0.2) is 0 Å². The lowest BCUT2D eigenvalue weighted by atomic mass is 10.1. The van der Waals surface area contributed by atoms with Crippen molar-refractivity contribution in [2.24, 2.45) is 0 Å². The van der Waals surface area contributed by atoms with Gasteiger partial charge in [0, 0.05) is 18.8 Å². The highest BCUT2D eigenvalue weighted by molar-refractivity contribution is 5.69. The minimum Gasteiger partial charge on any atom is -0.494 e. The van der Waals surface area contributed by atoms with Crippen molar-refractivity contribution in [1.82, 2.24) is 4.57 Å². The average molecular weight is 313 g/mol. The number of aliphatic carboxylic acids is 1. The third-order valence-corrected chi connectivity index (χ3v) is 3.25. The first-order valence-electron chi connectivity index (χ1n) is 7.41. The molecule has 0 aliphatic carbocycles. The Morgan fingerprint density at radius 2 is 1.87 bits per heavy atom. The fraction of sp³-hybridized carbons (Fsp3) is 0.222. The maximum Gasteiger partial charge on any atom is 0.305 e. The molecule has 120 valence electrons. The third kappa shape index (κ3) is 5.14. The minimum absolute atomic E-state index is 0.0682. The van der Waals surface area contributed by atoms with E-state index in [0.717, 1.165) is 16.9 Å². The lowest BCUT2D eigenvalue weighted by molar-refractivity contribution is -0.137. The van der Waals surface area contributed by atoms with Crippen molar-refractivity contribution in [2.75, 3.05) is 6.61 Å². The molecular formula is C18H19NO4. The van der Waals surface area contributed by atoms with Crippen LogP contribution in [0.5, 0.6) is 5.75 Å². The van der Waals surface area contributed by atoms with Crippen molar-refractivity contribution in [2.45, 2.75) is 19.9 Å². The molecule has 5 heteroatoms. The standard InChI is InChI=1S/C18H19NO4/c1-2-23-16-7-5-14(6-8-16)3-4-15-9-11-19(17(20)13-15)12-10-18(21)22/h3-9,11,13H,2,10,12H2,1H3,(H,21,22)/b4-3+. The summed E-state index contributed by atoms with van der Waals surface area (Å²) in [5.74, 6) is -0.0953. The smallest absolute Gasteiger partial charge is 0.305 e. The van der Waals surface area contributed by atoms with Gasteiger partial charge in [-0.05, 0) is 36.2 Å². The fourth-order valence-corrected chi connectivity index (χ4v) is 2.06. The predicted molar refractivity (Wildman–Crippen MR) is 89.5 cm³/mol. The SMILES string of the molecule is CCOc1ccc(/C=C/c2ccn(CCC(=O)O)c(=O)c2)cc1. The molecule has 2 aromatic rings. The average Bonchev–Trinajstić information content (AvgIpc) is 2.53. The Morgan fingerprint density at radius 3 is 2.48 bits per heavy atom. The summed E-state index contributed by atoms with van der Waals surface area (Å²) in [4.78, 5) is 22.4. The Labute approximate surface area is 134 Å². The highest BCUT2D eigenvalue weighted by Gasteiger charge is 2.00. The number of carboxylic acids is 1. The molecule has 0 aliphatic heterocycles. The van der Waals surface area contributed by atoms with E-state index in [1.165, 1.54) is 10.6 Å². The topological polar surface area (TPSA) is 68.5 Å². The summed E-state index contributed by atoms with van der Waals surface area (Å²) >= 11 is 0. The van der Waals surface area contributed by atoms with Crippen LogP contribution in [0.3, 0.4) is 0 Å². The molecule has 0 bridgehead atoms. The number of pyridine rings is 1. The molecule has 1 aromatic carbocycles. The second kappa shape index (κ2) is 7.98. The summed E-state index contributed by atoms with van der Waals surface area (Å²) in [5, 5.41) is 8.65. The van der Waals surface area contributed by atoms with E-state index in [0.29, 0.717) is 6.61 Å². The highest BCUT2D eigenvalue weighted by Crippen LogP contribution is 2.14. The molecule has 0 fully saturated rings. The van der Waals surface area contributed by atoms with Crippen molar-refractivity contribution in [1.29, 1.82) is 0 Å². The number of nitrogens with zero attached hydrogens (tertiary/aromatic N) is 1. The maximum absolute atomic E-state index is 11.9. The first-order chi connectivity index (χ1) is 11.1. The molecule has 1 aromatic heterocycles. The molecule has 0 amide bonds. The number of aryl methyl sites for hydroxylation is 1. The van der Waals surface area contributed by atoms with Crippen molar-refractivity contribution < 1.29 is 14.6 Å². The van der Waals surface area contributed by atoms with Crippen LogP contribution in [0, 0.1) is 0 Å². The van der Waals surface area contributed by atoms with E-state index in [1.54, 1.807) is 12.3 Å². The largest absolute Gasteiger partial charge is 0.494 e. The Morgan fingerprint density at radius 1 is 1.17 bits per heavy atom. The van der Waals surface area contributed by atoms with E-state index in [-0.39, 0.29) is 18.5 Å². The zero-order valence-corrected chi connectivity index (χ0v) is 12.9. The van der Waals surface area contributed by atoms with Crippen LogP contribution in [-0.2, 0) is 11.3 Å². The van der Waals surface area contributed by atoms with Gasteiger partial charge >= 0.3 is 5.97 Å². The molecule has 1 heterocycles. The number of aromatic nitrogens is 1. The van der Waals surface area contributed by atoms with Gasteiger partial charge < -0.3 is 14.4 Å². The Hall–Kier alpha value is -2.82. The van der Waals surface area contributed by atoms with E-state index >= 15 is 0 Å². The van der Waals surface area contributed by atoms with Crippen LogP contribution >= 0.6 is 0 Å². The van der Waals surface area contributed by atoms with Gasteiger partial charge in [-0.2, -0.15) is 0 Å². The summed E-state index contributed by atoms with van der Waals surface area (Å²) in [6.07, 6.45) is 5.30. The molecule has 23 heavy (non-hydrogen) atoms. The number of carboxylic acid groups (broad SMARTS) is 1. The lowest BCUT2D eigenvalue weighted by Crippen LogP contribution is -2.20. The van der Waals surface area contributed by atoms with Crippen molar-refractivity contribution in [3.8, 4) is 5.75 Å². The third-order valence-electron chi connectivity index (χ3n) is 3.25. The van der Waals surface area contributed by atoms with Gasteiger partial charge in [0.1, 0.15) is 5.75 Å². The normalized spacial score (nSPS) is 10.8. The highest BCUT2D eigenvalue weighted by atomic mass is 16.5. The van der Waals surface area contributed by atoms with E-state index in [1.807, 2.05) is 43.3 Å². The molecule has 1 N–H and O–H groups in total. The van der Waals surface area contributed by atoms with Crippen LogP contribution in [0.15, 0.2) is 47.4 Å². The van der Waals surface area contributed by atoms with Gasteiger partial charge in [-0.15, -0.1) is 0 Å². The van der Waals surface area contributed by atoms with Crippen LogP contribution in [0.4, 0.5) is 0 Å². The summed E-state index contributed by atoms with van der Waals surface area (Å²) in [5.41, 5.74) is 1.57. The number of hydrogen-bond acceptors (Lipinski definition) is 3. The van der Waals surface area contributed by atoms with Crippen LogP contribution in [0.2, 0.25) is 0 Å². The lowest BCUT2D eigenvalue weighted by Gasteiger charge is -2.04. The minimum atomic E-state index is -0.920. The second-order valence-corrected chi connectivity index (χ2v) is 4.97. The molecule has 0 saturated carbocycles. The van der Waals surface area contributed by atoms with Gasteiger partial charge in [-0.3, -0.25) is 9.59 Å². The maximum atomic E-state index is 11.9. The summed E-state index contributed by atoms with van der Waals surface area (Å²) in [6, 6.07) is 11.0. The Kier molecular flexibility index (Phi) is 5.74. The molecule has 0 radical (unpaired) electrons. The van der Waals surface area contributed by atoms with E-state index < -0.39 is 5.97 Å². The number of benzene rings is 1. The predicted octanol–water partition coefficient (Wildman–Crippen LogP) is 2.89. The molecule has 0 aliphatic rings. The molecule has 2 rings (SSSR count). The summed E-state index contributed by atoms with van der Waals surface area (Å²) in [7, 11) is 0. The first kappa shape index (κ1) is 16.5. The zero-order chi connectivity index (χ0) is 16.7. The summed E-state index contributed by atoms with van der Waals surface area (Å²) < 4.78 is 6.77. The van der Waals surface area contributed by atoms with Gasteiger partial charge in [0.2, 0.25) is 0 Å². The quantitative estimate of drug-likeness (QED) is 0.853.